The molecule has 1 N–H and O–H groups in total. The Kier molecular flexibility index (Phi) is 2.82. The minimum Gasteiger partial charge on any atom is -0.371 e. The molecule has 0 aromatic carbocycles. The van der Waals surface area contributed by atoms with E-state index in [0.29, 0.717) is 5.92 Å². The molecular weight excluding hydrogens is 214 g/mol. The van der Waals surface area contributed by atoms with Gasteiger partial charge in [-0.15, -0.1) is 0 Å². The summed E-state index contributed by atoms with van der Waals surface area (Å²) in [7, 11) is 1.99. The molecule has 0 radical (unpaired) electrons. The highest BCUT2D eigenvalue weighted by molar-refractivity contribution is 5.40. The Morgan fingerprint density at radius 1 is 1.53 bits per heavy atom. The summed E-state index contributed by atoms with van der Waals surface area (Å²) in [6, 6.07) is 6.04. The number of imidazole rings is 1. The van der Waals surface area contributed by atoms with Crippen LogP contribution in [0.5, 0.6) is 0 Å². The molecule has 0 aliphatic carbocycles. The van der Waals surface area contributed by atoms with Gasteiger partial charge in [-0.2, -0.15) is 0 Å². The molecule has 1 aliphatic rings. The number of hydrogen-bond acceptors (Lipinski definition) is 3. The molecule has 2 aromatic rings. The lowest BCUT2D eigenvalue weighted by atomic mass is 9.99. The lowest BCUT2D eigenvalue weighted by Crippen LogP contribution is -2.21. The summed E-state index contributed by atoms with van der Waals surface area (Å²) in [5, 5.41) is 3.23. The van der Waals surface area contributed by atoms with E-state index in [0.717, 1.165) is 30.9 Å². The van der Waals surface area contributed by atoms with Gasteiger partial charge in [-0.25, -0.2) is 4.98 Å². The largest absolute Gasteiger partial charge is 0.371 e. The molecular formula is C13H17N3O. The predicted octanol–water partition coefficient (Wildman–Crippen LogP) is 1.63. The van der Waals surface area contributed by atoms with Crippen molar-refractivity contribution in [3.05, 3.63) is 36.3 Å². The van der Waals surface area contributed by atoms with Gasteiger partial charge in [0.05, 0.1) is 5.69 Å². The first-order chi connectivity index (χ1) is 8.38. The van der Waals surface area contributed by atoms with Crippen molar-refractivity contribution in [1.29, 1.82) is 0 Å². The third-order valence-electron chi connectivity index (χ3n) is 3.35. The van der Waals surface area contributed by atoms with E-state index in [-0.39, 0.29) is 6.10 Å². The maximum absolute atomic E-state index is 5.82. The zero-order valence-corrected chi connectivity index (χ0v) is 9.97. The van der Waals surface area contributed by atoms with E-state index in [4.69, 9.17) is 4.74 Å². The molecule has 4 heteroatoms. The molecule has 17 heavy (non-hydrogen) atoms. The molecule has 0 saturated carbocycles. The van der Waals surface area contributed by atoms with Crippen LogP contribution in [0.1, 0.15) is 18.2 Å². The zero-order valence-electron chi connectivity index (χ0n) is 9.97. The van der Waals surface area contributed by atoms with E-state index in [1.165, 1.54) is 0 Å². The average molecular weight is 231 g/mol. The monoisotopic (exact) mass is 231 g/mol. The summed E-state index contributed by atoms with van der Waals surface area (Å²) in [6.45, 7) is 1.82. The molecule has 1 saturated heterocycles. The molecule has 90 valence electrons. The number of aromatic nitrogens is 2. The highest BCUT2D eigenvalue weighted by atomic mass is 16.5. The van der Waals surface area contributed by atoms with E-state index in [1.54, 1.807) is 0 Å². The van der Waals surface area contributed by atoms with Crippen molar-refractivity contribution in [1.82, 2.24) is 14.7 Å². The third kappa shape index (κ3) is 1.94. The molecule has 2 atom stereocenters. The minimum absolute atomic E-state index is 0.141. The quantitative estimate of drug-likeness (QED) is 0.872. The van der Waals surface area contributed by atoms with Gasteiger partial charge >= 0.3 is 0 Å². The number of hydrogen-bond donors (Lipinski definition) is 1. The molecule has 1 fully saturated rings. The van der Waals surface area contributed by atoms with Crippen LogP contribution in [0.15, 0.2) is 30.6 Å². The summed E-state index contributed by atoms with van der Waals surface area (Å²) in [6.07, 6.45) is 5.35. The van der Waals surface area contributed by atoms with Gasteiger partial charge < -0.3 is 14.5 Å². The molecule has 3 heterocycles. The van der Waals surface area contributed by atoms with Crippen LogP contribution in [0.25, 0.3) is 5.65 Å². The maximum Gasteiger partial charge on any atom is 0.137 e. The van der Waals surface area contributed by atoms with Crippen molar-refractivity contribution in [2.45, 2.75) is 12.5 Å². The summed E-state index contributed by atoms with van der Waals surface area (Å²) >= 11 is 0. The van der Waals surface area contributed by atoms with Gasteiger partial charge in [-0.1, -0.05) is 6.07 Å². The summed E-state index contributed by atoms with van der Waals surface area (Å²) in [5.41, 5.74) is 2.04. The van der Waals surface area contributed by atoms with Gasteiger partial charge in [0.15, 0.2) is 0 Å². The molecule has 2 aromatic heterocycles. The average Bonchev–Trinajstić information content (AvgIpc) is 2.94. The Balaban J connectivity index is 1.92. The number of fused-ring (bicyclic) bond motifs is 1. The molecule has 0 spiro atoms. The molecule has 0 amide bonds. The van der Waals surface area contributed by atoms with Crippen molar-refractivity contribution in [3.8, 4) is 0 Å². The molecule has 2 unspecified atom stereocenters. The van der Waals surface area contributed by atoms with Crippen LogP contribution in [-0.2, 0) is 4.74 Å². The fourth-order valence-corrected chi connectivity index (χ4v) is 2.52. The van der Waals surface area contributed by atoms with Gasteiger partial charge in [0.25, 0.3) is 0 Å². The topological polar surface area (TPSA) is 38.6 Å². The van der Waals surface area contributed by atoms with Gasteiger partial charge in [0, 0.05) is 31.5 Å². The van der Waals surface area contributed by atoms with Crippen molar-refractivity contribution in [2.24, 2.45) is 5.92 Å². The van der Waals surface area contributed by atoms with Gasteiger partial charge in [0.2, 0.25) is 0 Å². The van der Waals surface area contributed by atoms with Gasteiger partial charge in [-0.3, -0.25) is 0 Å². The smallest absolute Gasteiger partial charge is 0.137 e. The predicted molar refractivity (Wildman–Crippen MR) is 65.9 cm³/mol. The number of rotatable bonds is 3. The Bertz CT molecular complexity index is 475. The number of pyridine rings is 1. The maximum atomic E-state index is 5.82. The van der Waals surface area contributed by atoms with Crippen LogP contribution in [0, 0.1) is 5.92 Å². The van der Waals surface area contributed by atoms with E-state index >= 15 is 0 Å². The summed E-state index contributed by atoms with van der Waals surface area (Å²) < 4.78 is 7.87. The van der Waals surface area contributed by atoms with Crippen LogP contribution in [-0.4, -0.2) is 29.6 Å². The second-order valence-corrected chi connectivity index (χ2v) is 4.53. The Labute approximate surface area is 101 Å². The van der Waals surface area contributed by atoms with Crippen LogP contribution >= 0.6 is 0 Å². The number of ether oxygens (including phenoxy) is 1. The van der Waals surface area contributed by atoms with Crippen molar-refractivity contribution in [3.63, 3.8) is 0 Å². The van der Waals surface area contributed by atoms with Crippen LogP contribution < -0.4 is 5.32 Å². The highest BCUT2D eigenvalue weighted by Gasteiger charge is 2.30. The lowest BCUT2D eigenvalue weighted by Gasteiger charge is -2.15. The van der Waals surface area contributed by atoms with Crippen LogP contribution in [0.4, 0.5) is 0 Å². The molecule has 3 rings (SSSR count). The Hall–Kier alpha value is -1.39. The first kappa shape index (κ1) is 10.7. The van der Waals surface area contributed by atoms with Gasteiger partial charge in [0.1, 0.15) is 11.8 Å². The second kappa shape index (κ2) is 4.47. The summed E-state index contributed by atoms with van der Waals surface area (Å²) in [5.74, 6) is 0.532. The van der Waals surface area contributed by atoms with Crippen LogP contribution in [0.2, 0.25) is 0 Å². The van der Waals surface area contributed by atoms with E-state index in [9.17, 15) is 0 Å². The fourth-order valence-electron chi connectivity index (χ4n) is 2.52. The first-order valence-electron chi connectivity index (χ1n) is 6.08. The van der Waals surface area contributed by atoms with E-state index in [1.807, 2.05) is 35.8 Å². The minimum atomic E-state index is 0.141. The van der Waals surface area contributed by atoms with Crippen molar-refractivity contribution < 1.29 is 4.74 Å². The fraction of sp³-hybridized carbons (Fsp3) is 0.462. The van der Waals surface area contributed by atoms with E-state index in [2.05, 4.69) is 16.5 Å². The SMILES string of the molecule is CNCC1CCOC1c1cn2ccccc2n1. The highest BCUT2D eigenvalue weighted by Crippen LogP contribution is 2.33. The van der Waals surface area contributed by atoms with Crippen molar-refractivity contribution in [2.75, 3.05) is 20.2 Å². The normalized spacial score (nSPS) is 24.5. The molecule has 1 aliphatic heterocycles. The summed E-state index contributed by atoms with van der Waals surface area (Å²) in [4.78, 5) is 4.64. The van der Waals surface area contributed by atoms with E-state index < -0.39 is 0 Å². The van der Waals surface area contributed by atoms with Crippen LogP contribution in [0.3, 0.4) is 0 Å². The third-order valence-corrected chi connectivity index (χ3v) is 3.35. The molecule has 0 bridgehead atoms. The Morgan fingerprint density at radius 2 is 2.47 bits per heavy atom. The lowest BCUT2D eigenvalue weighted by molar-refractivity contribution is 0.0879. The second-order valence-electron chi connectivity index (χ2n) is 4.53. The van der Waals surface area contributed by atoms with Crippen molar-refractivity contribution >= 4 is 5.65 Å². The molecule has 4 nitrogen and oxygen atoms in total. The number of nitrogens with zero attached hydrogens (tertiary/aromatic N) is 2. The Morgan fingerprint density at radius 3 is 3.29 bits per heavy atom. The van der Waals surface area contributed by atoms with Gasteiger partial charge in [-0.05, 0) is 25.6 Å². The zero-order chi connectivity index (χ0) is 11.7. The first-order valence-corrected chi connectivity index (χ1v) is 6.08. The number of nitrogens with one attached hydrogen (secondary N) is 1. The standard InChI is InChI=1S/C13H17N3O/c1-14-8-10-5-7-17-13(10)11-9-16-6-3-2-4-12(16)15-11/h2-4,6,9-10,13-14H,5,7-8H2,1H3.